The Morgan fingerprint density at radius 1 is 1.00 bits per heavy atom. The normalized spacial score (nSPS) is 22.2. The Morgan fingerprint density at radius 3 is 2.30 bits per heavy atom. The van der Waals surface area contributed by atoms with Gasteiger partial charge in [-0.25, -0.2) is 4.99 Å². The summed E-state index contributed by atoms with van der Waals surface area (Å²) in [5.41, 5.74) is 2.54. The van der Waals surface area contributed by atoms with E-state index in [1.165, 1.54) is 11.1 Å². The number of benzene rings is 1. The van der Waals surface area contributed by atoms with Gasteiger partial charge in [0.25, 0.3) is 5.91 Å². The molecule has 3 aliphatic heterocycles. The molecule has 9 heteroatoms. The molecule has 1 aromatic carbocycles. The van der Waals surface area contributed by atoms with Gasteiger partial charge >= 0.3 is 0 Å². The summed E-state index contributed by atoms with van der Waals surface area (Å²) in [5, 5.41) is 3.42. The van der Waals surface area contributed by atoms with Crippen LogP contribution in [0, 0.1) is 0 Å². The molecule has 0 aromatic heterocycles. The molecule has 3 aliphatic rings. The zero-order chi connectivity index (χ0) is 22.2. The number of morpholine rings is 1. The summed E-state index contributed by atoms with van der Waals surface area (Å²) in [6.45, 7) is 12.0. The maximum Gasteiger partial charge on any atom is 0.251 e. The number of hydrogen-bond donors (Lipinski definition) is 1. The van der Waals surface area contributed by atoms with Crippen molar-refractivity contribution in [3.8, 4) is 0 Å². The molecular weight excluding hydrogens is 533 g/mol. The van der Waals surface area contributed by atoms with Gasteiger partial charge in [0.2, 0.25) is 0 Å². The molecule has 4 rings (SSSR count). The summed E-state index contributed by atoms with van der Waals surface area (Å²) < 4.78 is 11.0. The molecular formula is C24H38IN5O3. The third-order valence-corrected chi connectivity index (χ3v) is 6.38. The van der Waals surface area contributed by atoms with E-state index in [0.29, 0.717) is 13.2 Å². The van der Waals surface area contributed by atoms with Gasteiger partial charge in [-0.2, -0.15) is 0 Å². The predicted molar refractivity (Wildman–Crippen MR) is 140 cm³/mol. The summed E-state index contributed by atoms with van der Waals surface area (Å²) in [6, 6.07) is 8.79. The second-order valence-electron chi connectivity index (χ2n) is 8.69. The van der Waals surface area contributed by atoms with Crippen LogP contribution < -0.4 is 5.32 Å². The van der Waals surface area contributed by atoms with Crippen LogP contribution in [-0.2, 0) is 27.4 Å². The molecule has 0 saturated carbocycles. The highest BCUT2D eigenvalue weighted by molar-refractivity contribution is 14.0. The molecule has 184 valence electrons. The van der Waals surface area contributed by atoms with Gasteiger partial charge in [-0.05, 0) is 30.9 Å². The van der Waals surface area contributed by atoms with Crippen LogP contribution >= 0.6 is 24.0 Å². The molecule has 0 spiro atoms. The number of guanidine groups is 1. The molecule has 8 nitrogen and oxygen atoms in total. The van der Waals surface area contributed by atoms with E-state index >= 15 is 0 Å². The lowest BCUT2D eigenvalue weighted by molar-refractivity contribution is -0.142. The average Bonchev–Trinajstić information content (AvgIpc) is 3.38. The van der Waals surface area contributed by atoms with E-state index in [1.54, 1.807) is 0 Å². The van der Waals surface area contributed by atoms with Crippen LogP contribution in [0.4, 0.5) is 0 Å². The van der Waals surface area contributed by atoms with Crippen LogP contribution in [-0.4, -0.2) is 98.3 Å². The number of amides is 1. The fourth-order valence-electron chi connectivity index (χ4n) is 4.47. The van der Waals surface area contributed by atoms with Crippen molar-refractivity contribution in [1.82, 2.24) is 20.0 Å². The van der Waals surface area contributed by atoms with Gasteiger partial charge in [0.05, 0.1) is 19.8 Å². The standard InChI is InChI=1S/C24H37N5O3.HI/c1-2-25-24(29-11-9-28(10-12-29)23(30)22-4-3-15-32-22)26-18-20-5-7-21(8-6-20)19-27-13-16-31-17-14-27;/h5-8,22H,2-4,9-19H2,1H3,(H,25,26);1H. The molecule has 1 N–H and O–H groups in total. The van der Waals surface area contributed by atoms with Crippen LogP contribution in [0.15, 0.2) is 29.3 Å². The molecule has 1 unspecified atom stereocenters. The van der Waals surface area contributed by atoms with E-state index in [2.05, 4.69) is 46.3 Å². The quantitative estimate of drug-likeness (QED) is 0.320. The van der Waals surface area contributed by atoms with Crippen molar-refractivity contribution in [3.05, 3.63) is 35.4 Å². The highest BCUT2D eigenvalue weighted by Gasteiger charge is 2.30. The minimum Gasteiger partial charge on any atom is -0.379 e. The summed E-state index contributed by atoms with van der Waals surface area (Å²) in [5.74, 6) is 1.08. The van der Waals surface area contributed by atoms with Crippen molar-refractivity contribution < 1.29 is 14.3 Å². The van der Waals surface area contributed by atoms with Crippen molar-refractivity contribution >= 4 is 35.8 Å². The monoisotopic (exact) mass is 571 g/mol. The van der Waals surface area contributed by atoms with Crippen molar-refractivity contribution in [2.45, 2.75) is 39.0 Å². The highest BCUT2D eigenvalue weighted by Crippen LogP contribution is 2.16. The molecule has 3 saturated heterocycles. The third-order valence-electron chi connectivity index (χ3n) is 6.38. The Bertz CT molecular complexity index is 756. The minimum absolute atomic E-state index is 0. The van der Waals surface area contributed by atoms with Gasteiger partial charge in [-0.1, -0.05) is 24.3 Å². The largest absolute Gasteiger partial charge is 0.379 e. The van der Waals surface area contributed by atoms with Gasteiger partial charge < -0.3 is 24.6 Å². The number of carbonyl (C=O) groups is 1. The summed E-state index contributed by atoms with van der Waals surface area (Å²) in [4.78, 5) is 24.1. The first-order chi connectivity index (χ1) is 15.7. The zero-order valence-corrected chi connectivity index (χ0v) is 22.0. The topological polar surface area (TPSA) is 69.6 Å². The molecule has 1 amide bonds. The lowest BCUT2D eigenvalue weighted by atomic mass is 10.1. The number of rotatable bonds is 6. The van der Waals surface area contributed by atoms with E-state index in [9.17, 15) is 4.79 Å². The lowest BCUT2D eigenvalue weighted by Gasteiger charge is -2.37. The van der Waals surface area contributed by atoms with Gasteiger partial charge in [0, 0.05) is 59.0 Å². The predicted octanol–water partition coefficient (Wildman–Crippen LogP) is 1.93. The number of aliphatic imine (C=N–C) groups is 1. The fraction of sp³-hybridized carbons (Fsp3) is 0.667. The number of nitrogens with zero attached hydrogens (tertiary/aromatic N) is 4. The SMILES string of the molecule is CCNC(=NCc1ccc(CN2CCOCC2)cc1)N1CCN(C(=O)C2CCCO2)CC1.I. The number of nitrogens with one attached hydrogen (secondary N) is 1. The fourth-order valence-corrected chi connectivity index (χ4v) is 4.47. The molecule has 33 heavy (non-hydrogen) atoms. The van der Waals surface area contributed by atoms with Crippen LogP contribution in [0.5, 0.6) is 0 Å². The number of piperazine rings is 1. The molecule has 0 aliphatic carbocycles. The van der Waals surface area contributed by atoms with Crippen LogP contribution in [0.25, 0.3) is 0 Å². The molecule has 1 aromatic rings. The first-order valence-corrected chi connectivity index (χ1v) is 12.0. The molecule has 3 fully saturated rings. The van der Waals surface area contributed by atoms with Gasteiger partial charge in [0.15, 0.2) is 5.96 Å². The Morgan fingerprint density at radius 2 is 1.67 bits per heavy atom. The minimum atomic E-state index is -0.227. The van der Waals surface area contributed by atoms with Crippen LogP contribution in [0.1, 0.15) is 30.9 Å². The Hall–Kier alpha value is -1.43. The van der Waals surface area contributed by atoms with Crippen molar-refractivity contribution in [2.75, 3.05) is 65.6 Å². The van der Waals surface area contributed by atoms with Gasteiger partial charge in [0.1, 0.15) is 6.10 Å². The molecule has 0 bridgehead atoms. The van der Waals surface area contributed by atoms with Gasteiger partial charge in [-0.15, -0.1) is 24.0 Å². The highest BCUT2D eigenvalue weighted by atomic mass is 127. The van der Waals surface area contributed by atoms with E-state index in [1.807, 2.05) is 4.90 Å². The molecule has 0 radical (unpaired) electrons. The maximum atomic E-state index is 12.6. The van der Waals surface area contributed by atoms with Crippen LogP contribution in [0.3, 0.4) is 0 Å². The number of hydrogen-bond acceptors (Lipinski definition) is 5. The lowest BCUT2D eigenvalue weighted by Crippen LogP contribution is -2.55. The van der Waals surface area contributed by atoms with E-state index in [4.69, 9.17) is 14.5 Å². The Kier molecular flexibility index (Phi) is 10.7. The Labute approximate surface area is 214 Å². The maximum absolute atomic E-state index is 12.6. The van der Waals surface area contributed by atoms with E-state index in [0.717, 1.165) is 84.4 Å². The molecule has 3 heterocycles. The zero-order valence-electron chi connectivity index (χ0n) is 19.7. The number of halogens is 1. The van der Waals surface area contributed by atoms with Crippen molar-refractivity contribution in [1.29, 1.82) is 0 Å². The summed E-state index contributed by atoms with van der Waals surface area (Å²) in [7, 11) is 0. The second-order valence-corrected chi connectivity index (χ2v) is 8.69. The first-order valence-electron chi connectivity index (χ1n) is 12.0. The van der Waals surface area contributed by atoms with Crippen molar-refractivity contribution in [2.24, 2.45) is 4.99 Å². The number of carbonyl (C=O) groups excluding carboxylic acids is 1. The van der Waals surface area contributed by atoms with Gasteiger partial charge in [-0.3, -0.25) is 9.69 Å². The summed E-state index contributed by atoms with van der Waals surface area (Å²) >= 11 is 0. The Balaban J connectivity index is 0.00000306. The van der Waals surface area contributed by atoms with E-state index < -0.39 is 0 Å². The van der Waals surface area contributed by atoms with Crippen molar-refractivity contribution in [3.63, 3.8) is 0 Å². The first kappa shape index (κ1) is 26.2. The smallest absolute Gasteiger partial charge is 0.251 e. The average molecular weight is 572 g/mol. The van der Waals surface area contributed by atoms with E-state index in [-0.39, 0.29) is 36.0 Å². The van der Waals surface area contributed by atoms with Crippen LogP contribution in [0.2, 0.25) is 0 Å². The third kappa shape index (κ3) is 7.53. The molecule has 1 atom stereocenters. The number of ether oxygens (including phenoxy) is 2. The summed E-state index contributed by atoms with van der Waals surface area (Å²) in [6.07, 6.45) is 1.62. The second kappa shape index (κ2) is 13.5.